The molecule has 0 spiro atoms. The Bertz CT molecular complexity index is 1380. The molecule has 4 aromatic rings. The Morgan fingerprint density at radius 1 is 0.914 bits per heavy atom. The number of aromatic amines is 1. The Morgan fingerprint density at radius 3 is 2.34 bits per heavy atom. The van der Waals surface area contributed by atoms with Crippen molar-refractivity contribution in [2.45, 2.75) is 37.8 Å². The Kier molecular flexibility index (Phi) is 6.42. The van der Waals surface area contributed by atoms with Crippen molar-refractivity contribution in [2.24, 2.45) is 0 Å². The lowest BCUT2D eigenvalue weighted by molar-refractivity contribution is -0.593. The zero-order valence-electron chi connectivity index (χ0n) is 19.0. The molecule has 3 N–H and O–H groups in total. The van der Waals surface area contributed by atoms with Crippen LogP contribution in [0.5, 0.6) is 0 Å². The van der Waals surface area contributed by atoms with Crippen LogP contribution >= 0.6 is 11.6 Å². The van der Waals surface area contributed by atoms with Gasteiger partial charge in [0.15, 0.2) is 6.20 Å². The number of carbonyl (C=O) groups is 2. The highest BCUT2D eigenvalue weighted by Crippen LogP contribution is 2.23. The van der Waals surface area contributed by atoms with Gasteiger partial charge in [-0.1, -0.05) is 24.4 Å². The van der Waals surface area contributed by atoms with Crippen LogP contribution in [0.4, 0.5) is 0 Å². The topological polar surface area (TPSA) is 101 Å². The molecule has 0 unspecified atom stereocenters. The minimum atomic E-state index is -0.207. The average Bonchev–Trinajstić information content (AvgIpc) is 3.29. The number of H-pyrrole nitrogens is 1. The summed E-state index contributed by atoms with van der Waals surface area (Å²) in [4.78, 5) is 29.1. The molecule has 2 amide bonds. The second kappa shape index (κ2) is 9.80. The maximum absolute atomic E-state index is 13.0. The molecule has 0 bridgehead atoms. The number of rotatable bonds is 5. The van der Waals surface area contributed by atoms with Gasteiger partial charge in [-0.2, -0.15) is 4.73 Å². The predicted molar refractivity (Wildman–Crippen MR) is 135 cm³/mol. The molecule has 0 aliphatic heterocycles. The molecule has 0 saturated heterocycles. The monoisotopic (exact) mass is 488 g/mol. The zero-order chi connectivity index (χ0) is 24.4. The van der Waals surface area contributed by atoms with Crippen LogP contribution in [0.3, 0.4) is 0 Å². The van der Waals surface area contributed by atoms with Crippen molar-refractivity contribution in [3.63, 3.8) is 0 Å². The number of amides is 2. The fraction of sp³-hybridized carbons (Fsp3) is 0.222. The number of carbonyl (C=O) groups excluding carboxylic acids is 2. The third-order valence-corrected chi connectivity index (χ3v) is 6.73. The SMILES string of the molecule is O=C(N[C@@H]1CCCC[C@@H]1NC(=O)c1cc2cc(Cl)ccc2[nH]1)c1ccc(-c2cccc[n+]2[O-])cc1. The molecule has 2 atom stereocenters. The van der Waals surface area contributed by atoms with Crippen LogP contribution in [0, 0.1) is 5.21 Å². The van der Waals surface area contributed by atoms with Crippen LogP contribution in [-0.4, -0.2) is 28.9 Å². The molecule has 5 rings (SSSR count). The van der Waals surface area contributed by atoms with E-state index < -0.39 is 0 Å². The molecule has 1 aliphatic carbocycles. The van der Waals surface area contributed by atoms with Gasteiger partial charge in [0.05, 0.1) is 0 Å². The van der Waals surface area contributed by atoms with Crippen LogP contribution in [0.15, 0.2) is 72.9 Å². The smallest absolute Gasteiger partial charge is 0.268 e. The van der Waals surface area contributed by atoms with Gasteiger partial charge >= 0.3 is 0 Å². The number of hydrogen-bond donors (Lipinski definition) is 3. The summed E-state index contributed by atoms with van der Waals surface area (Å²) in [5.74, 6) is -0.410. The summed E-state index contributed by atoms with van der Waals surface area (Å²) in [7, 11) is 0. The number of benzene rings is 2. The first-order valence-corrected chi connectivity index (χ1v) is 12.0. The molecule has 1 saturated carbocycles. The first-order chi connectivity index (χ1) is 17.0. The number of nitrogens with one attached hydrogen (secondary N) is 3. The van der Waals surface area contributed by atoms with Crippen molar-refractivity contribution in [3.05, 3.63) is 94.4 Å². The van der Waals surface area contributed by atoms with Crippen LogP contribution in [0.1, 0.15) is 46.5 Å². The van der Waals surface area contributed by atoms with Crippen molar-refractivity contribution in [1.29, 1.82) is 0 Å². The summed E-state index contributed by atoms with van der Waals surface area (Å²) >= 11 is 6.06. The first-order valence-electron chi connectivity index (χ1n) is 11.7. The second-order valence-corrected chi connectivity index (χ2v) is 9.28. The minimum absolute atomic E-state index is 0.168. The Hall–Kier alpha value is -3.84. The molecular formula is C27H25ClN4O3. The van der Waals surface area contributed by atoms with Gasteiger partial charge < -0.3 is 20.8 Å². The number of nitrogens with zero attached hydrogens (tertiary/aromatic N) is 1. The largest absolute Gasteiger partial charge is 0.618 e. The van der Waals surface area contributed by atoms with E-state index >= 15 is 0 Å². The molecule has 35 heavy (non-hydrogen) atoms. The van der Waals surface area contributed by atoms with Gasteiger partial charge in [-0.05, 0) is 67.4 Å². The van der Waals surface area contributed by atoms with Crippen molar-refractivity contribution in [3.8, 4) is 11.3 Å². The molecule has 8 heteroatoms. The van der Waals surface area contributed by atoms with Crippen LogP contribution in [0.25, 0.3) is 22.2 Å². The van der Waals surface area contributed by atoms with E-state index in [1.165, 1.54) is 6.20 Å². The summed E-state index contributed by atoms with van der Waals surface area (Å²) < 4.78 is 0.798. The number of pyridine rings is 1. The van der Waals surface area contributed by atoms with Gasteiger partial charge in [-0.15, -0.1) is 0 Å². The molecule has 2 heterocycles. The van der Waals surface area contributed by atoms with E-state index in [-0.39, 0.29) is 23.9 Å². The van der Waals surface area contributed by atoms with Crippen LogP contribution in [-0.2, 0) is 0 Å². The fourth-order valence-corrected chi connectivity index (χ4v) is 4.82. The van der Waals surface area contributed by atoms with Gasteiger partial charge in [0.1, 0.15) is 5.69 Å². The normalized spacial score (nSPS) is 17.7. The molecule has 0 radical (unpaired) electrons. The number of hydrogen-bond acceptors (Lipinski definition) is 3. The lowest BCUT2D eigenvalue weighted by Gasteiger charge is -2.32. The minimum Gasteiger partial charge on any atom is -0.618 e. The van der Waals surface area contributed by atoms with Gasteiger partial charge in [0.25, 0.3) is 11.8 Å². The number of aromatic nitrogens is 2. The van der Waals surface area contributed by atoms with Crippen molar-refractivity contribution in [2.75, 3.05) is 0 Å². The Balaban J connectivity index is 1.26. The van der Waals surface area contributed by atoms with Gasteiger partial charge in [0.2, 0.25) is 5.69 Å². The van der Waals surface area contributed by atoms with Crippen molar-refractivity contribution < 1.29 is 14.3 Å². The van der Waals surface area contributed by atoms with E-state index in [1.54, 1.807) is 54.6 Å². The van der Waals surface area contributed by atoms with Gasteiger partial charge in [-0.25, -0.2) is 0 Å². The quantitative estimate of drug-likeness (QED) is 0.283. The molecule has 1 fully saturated rings. The van der Waals surface area contributed by atoms with Crippen molar-refractivity contribution in [1.82, 2.24) is 15.6 Å². The standard InChI is InChI=1S/C27H25ClN4O3/c28-20-12-13-21-19(15-20)16-24(29-21)27(34)31-23-6-2-1-5-22(23)30-26(33)18-10-8-17(9-11-18)25-7-3-4-14-32(25)35/h3-4,7-16,22-23,29H,1-2,5-6H2,(H,30,33)(H,31,34)/t22-,23+/m1/s1. The molecule has 2 aromatic carbocycles. The summed E-state index contributed by atoms with van der Waals surface area (Å²) in [6.45, 7) is 0. The summed E-state index contributed by atoms with van der Waals surface area (Å²) in [5, 5.41) is 19.7. The maximum Gasteiger partial charge on any atom is 0.268 e. The summed E-state index contributed by atoms with van der Waals surface area (Å²) in [5.41, 5.74) is 3.07. The Morgan fingerprint density at radius 2 is 1.63 bits per heavy atom. The molecule has 1 aliphatic rings. The maximum atomic E-state index is 13.0. The lowest BCUT2D eigenvalue weighted by atomic mass is 9.90. The summed E-state index contributed by atoms with van der Waals surface area (Å²) in [6, 6.07) is 19.0. The number of halogens is 1. The van der Waals surface area contributed by atoms with E-state index in [0.717, 1.165) is 46.9 Å². The predicted octanol–water partition coefficient (Wildman–Crippen LogP) is 4.59. The number of fused-ring (bicyclic) bond motifs is 1. The third kappa shape index (κ3) is 5.00. The van der Waals surface area contributed by atoms with Gasteiger partial charge in [-0.3, -0.25) is 9.59 Å². The highest BCUT2D eigenvalue weighted by Gasteiger charge is 2.29. The molecule has 2 aromatic heterocycles. The van der Waals surface area contributed by atoms with Crippen LogP contribution in [0.2, 0.25) is 5.02 Å². The zero-order valence-corrected chi connectivity index (χ0v) is 19.7. The summed E-state index contributed by atoms with van der Waals surface area (Å²) in [6.07, 6.45) is 4.99. The van der Waals surface area contributed by atoms with E-state index in [1.807, 2.05) is 12.1 Å². The van der Waals surface area contributed by atoms with E-state index in [4.69, 9.17) is 11.6 Å². The van der Waals surface area contributed by atoms with E-state index in [0.29, 0.717) is 22.0 Å². The van der Waals surface area contributed by atoms with Crippen molar-refractivity contribution >= 4 is 34.3 Å². The highest BCUT2D eigenvalue weighted by atomic mass is 35.5. The van der Waals surface area contributed by atoms with Gasteiger partial charge in [0, 0.05) is 51.3 Å². The molecule has 178 valence electrons. The lowest BCUT2D eigenvalue weighted by Crippen LogP contribution is -2.53. The third-order valence-electron chi connectivity index (χ3n) is 6.49. The Labute approximate surface area is 207 Å². The first kappa shape index (κ1) is 22.9. The second-order valence-electron chi connectivity index (χ2n) is 8.85. The van der Waals surface area contributed by atoms with Crippen LogP contribution < -0.4 is 15.4 Å². The van der Waals surface area contributed by atoms with E-state index in [9.17, 15) is 14.8 Å². The average molecular weight is 489 g/mol. The van der Waals surface area contributed by atoms with E-state index in [2.05, 4.69) is 15.6 Å². The highest BCUT2D eigenvalue weighted by molar-refractivity contribution is 6.31. The fourth-order valence-electron chi connectivity index (χ4n) is 4.64. The molecular weight excluding hydrogens is 464 g/mol. The molecule has 7 nitrogen and oxygen atoms in total.